The van der Waals surface area contributed by atoms with Gasteiger partial charge >= 0.3 is 6.18 Å². The van der Waals surface area contributed by atoms with E-state index in [1.165, 1.54) is 7.05 Å². The largest absolute Gasteiger partial charge is 0.419 e. The molecule has 0 saturated heterocycles. The number of benzene rings is 1. The normalized spacial score (nSPS) is 14.5. The minimum Gasteiger partial charge on any atom is -0.327 e. The lowest BCUT2D eigenvalue weighted by Gasteiger charge is -2.21. The minimum absolute atomic E-state index is 0.0560. The van der Waals surface area contributed by atoms with Gasteiger partial charge in [0.2, 0.25) is 10.0 Å². The van der Waals surface area contributed by atoms with E-state index >= 15 is 0 Å². The van der Waals surface area contributed by atoms with Gasteiger partial charge in [-0.1, -0.05) is 13.8 Å². The summed E-state index contributed by atoms with van der Waals surface area (Å²) in [5.41, 5.74) is 4.22. The SMILES string of the molecule is CC(C)C(N)CCN(C)S(=O)(=O)c1ccc(F)c(C(F)(F)F)c1. The molecule has 0 aromatic heterocycles. The summed E-state index contributed by atoms with van der Waals surface area (Å²) in [4.78, 5) is -0.605. The first kappa shape index (κ1) is 19.9. The molecule has 0 amide bonds. The van der Waals surface area contributed by atoms with Crippen molar-refractivity contribution >= 4 is 10.0 Å². The van der Waals surface area contributed by atoms with Gasteiger partial charge in [-0.2, -0.15) is 13.2 Å². The average molecular weight is 356 g/mol. The van der Waals surface area contributed by atoms with Crippen LogP contribution in [-0.4, -0.2) is 32.4 Å². The van der Waals surface area contributed by atoms with Gasteiger partial charge in [-0.15, -0.1) is 0 Å². The Bertz CT molecular complexity index is 645. The topological polar surface area (TPSA) is 63.4 Å². The molecule has 1 aromatic rings. The lowest BCUT2D eigenvalue weighted by atomic mass is 10.0. The highest BCUT2D eigenvalue weighted by Crippen LogP contribution is 2.33. The van der Waals surface area contributed by atoms with Crippen LogP contribution >= 0.6 is 0 Å². The number of rotatable bonds is 6. The Morgan fingerprint density at radius 3 is 2.30 bits per heavy atom. The molecule has 4 nitrogen and oxygen atoms in total. The van der Waals surface area contributed by atoms with Crippen molar-refractivity contribution in [1.29, 1.82) is 0 Å². The van der Waals surface area contributed by atoms with Crippen LogP contribution < -0.4 is 5.73 Å². The summed E-state index contributed by atoms with van der Waals surface area (Å²) in [6.45, 7) is 3.82. The Hall–Kier alpha value is -1.19. The third-order valence-electron chi connectivity index (χ3n) is 3.59. The van der Waals surface area contributed by atoms with Crippen LogP contribution in [0.25, 0.3) is 0 Å². The van der Waals surface area contributed by atoms with Gasteiger partial charge in [-0.3, -0.25) is 0 Å². The van der Waals surface area contributed by atoms with E-state index in [0.717, 1.165) is 10.4 Å². The van der Waals surface area contributed by atoms with Crippen LogP contribution in [-0.2, 0) is 16.2 Å². The van der Waals surface area contributed by atoms with Gasteiger partial charge in [-0.25, -0.2) is 17.1 Å². The quantitative estimate of drug-likeness (QED) is 0.797. The first-order valence-corrected chi connectivity index (χ1v) is 8.40. The molecule has 0 saturated carbocycles. The van der Waals surface area contributed by atoms with Crippen molar-refractivity contribution in [1.82, 2.24) is 4.31 Å². The fourth-order valence-corrected chi connectivity index (χ4v) is 3.06. The van der Waals surface area contributed by atoms with Gasteiger partial charge < -0.3 is 5.73 Å². The monoisotopic (exact) mass is 356 g/mol. The van der Waals surface area contributed by atoms with Crippen LogP contribution in [0.1, 0.15) is 25.8 Å². The van der Waals surface area contributed by atoms with Crippen molar-refractivity contribution in [2.24, 2.45) is 11.7 Å². The zero-order valence-electron chi connectivity index (χ0n) is 13.1. The second-order valence-electron chi connectivity index (χ2n) is 5.66. The first-order chi connectivity index (χ1) is 10.4. The maximum Gasteiger partial charge on any atom is 0.419 e. The first-order valence-electron chi connectivity index (χ1n) is 6.96. The number of alkyl halides is 3. The summed E-state index contributed by atoms with van der Waals surface area (Å²) < 4.78 is 76.9. The van der Waals surface area contributed by atoms with Gasteiger partial charge in [0, 0.05) is 19.6 Å². The third-order valence-corrected chi connectivity index (χ3v) is 5.44. The minimum atomic E-state index is -4.96. The summed E-state index contributed by atoms with van der Waals surface area (Å²) >= 11 is 0. The maximum absolute atomic E-state index is 13.3. The summed E-state index contributed by atoms with van der Waals surface area (Å²) in [6, 6.07) is 1.40. The predicted molar refractivity (Wildman–Crippen MR) is 78.6 cm³/mol. The van der Waals surface area contributed by atoms with Crippen LogP contribution in [0.15, 0.2) is 23.1 Å². The molecule has 132 valence electrons. The molecule has 1 atom stereocenters. The van der Waals surface area contributed by atoms with Gasteiger partial charge in [0.15, 0.2) is 0 Å². The molecule has 0 bridgehead atoms. The standard InChI is InChI=1S/C14H20F4N2O2S/c1-9(2)13(19)6-7-20(3)23(21,22)10-4-5-12(15)11(8-10)14(16,17)18/h4-5,8-9,13H,6-7,19H2,1-3H3. The van der Waals surface area contributed by atoms with Crippen LogP contribution in [0, 0.1) is 11.7 Å². The number of sulfonamides is 1. The van der Waals surface area contributed by atoms with Crippen molar-refractivity contribution in [3.63, 3.8) is 0 Å². The second-order valence-corrected chi connectivity index (χ2v) is 7.71. The molecule has 23 heavy (non-hydrogen) atoms. The van der Waals surface area contributed by atoms with E-state index in [9.17, 15) is 26.0 Å². The van der Waals surface area contributed by atoms with Crippen molar-refractivity contribution in [3.05, 3.63) is 29.6 Å². The van der Waals surface area contributed by atoms with Crippen LogP contribution in [0.3, 0.4) is 0 Å². The molecule has 9 heteroatoms. The van der Waals surface area contributed by atoms with E-state index < -0.39 is 32.5 Å². The third kappa shape index (κ3) is 4.89. The molecule has 1 rings (SSSR count). The molecule has 0 spiro atoms. The Morgan fingerprint density at radius 2 is 1.83 bits per heavy atom. The second kappa shape index (κ2) is 7.14. The molecule has 1 unspecified atom stereocenters. The molecule has 2 N–H and O–H groups in total. The molecule has 0 aliphatic heterocycles. The zero-order valence-corrected chi connectivity index (χ0v) is 13.9. The Morgan fingerprint density at radius 1 is 1.26 bits per heavy atom. The van der Waals surface area contributed by atoms with Crippen LogP contribution in [0.5, 0.6) is 0 Å². The Balaban J connectivity index is 3.05. The van der Waals surface area contributed by atoms with Gasteiger partial charge in [0.05, 0.1) is 10.5 Å². The highest BCUT2D eigenvalue weighted by Gasteiger charge is 2.35. The summed E-state index contributed by atoms with van der Waals surface area (Å²) in [5, 5.41) is 0. The van der Waals surface area contributed by atoms with E-state index in [2.05, 4.69) is 0 Å². The summed E-state index contributed by atoms with van der Waals surface area (Å²) in [5.74, 6) is -1.37. The summed E-state index contributed by atoms with van der Waals surface area (Å²) in [7, 11) is -2.90. The van der Waals surface area contributed by atoms with Gasteiger partial charge in [-0.05, 0) is 30.5 Å². The van der Waals surface area contributed by atoms with Crippen molar-refractivity contribution in [2.75, 3.05) is 13.6 Å². The van der Waals surface area contributed by atoms with Crippen molar-refractivity contribution in [2.45, 2.75) is 37.4 Å². The highest BCUT2D eigenvalue weighted by molar-refractivity contribution is 7.89. The van der Waals surface area contributed by atoms with E-state index in [1.54, 1.807) is 0 Å². The van der Waals surface area contributed by atoms with Crippen molar-refractivity contribution < 1.29 is 26.0 Å². The molecule has 0 aliphatic carbocycles. The van der Waals surface area contributed by atoms with E-state index in [0.29, 0.717) is 18.6 Å². The highest BCUT2D eigenvalue weighted by atomic mass is 32.2. The molecular formula is C14H20F4N2O2S. The Kier molecular flexibility index (Phi) is 6.17. The van der Waals surface area contributed by atoms with E-state index in [-0.39, 0.29) is 18.5 Å². The fraction of sp³-hybridized carbons (Fsp3) is 0.571. The van der Waals surface area contributed by atoms with Crippen LogP contribution in [0.4, 0.5) is 17.6 Å². The van der Waals surface area contributed by atoms with Gasteiger partial charge in [0.1, 0.15) is 5.82 Å². The Labute approximate surface area is 133 Å². The van der Waals surface area contributed by atoms with Gasteiger partial charge in [0.25, 0.3) is 0 Å². The smallest absolute Gasteiger partial charge is 0.327 e. The number of hydrogen-bond donors (Lipinski definition) is 1. The predicted octanol–water partition coefficient (Wildman–Crippen LogP) is 2.84. The molecule has 1 aromatic carbocycles. The number of halogens is 4. The van der Waals surface area contributed by atoms with Crippen molar-refractivity contribution in [3.8, 4) is 0 Å². The lowest BCUT2D eigenvalue weighted by molar-refractivity contribution is -0.140. The van der Waals surface area contributed by atoms with E-state index in [4.69, 9.17) is 5.73 Å². The molecule has 0 fully saturated rings. The number of hydrogen-bond acceptors (Lipinski definition) is 3. The number of nitrogens with zero attached hydrogens (tertiary/aromatic N) is 1. The van der Waals surface area contributed by atoms with E-state index in [1.807, 2.05) is 13.8 Å². The maximum atomic E-state index is 13.3. The lowest BCUT2D eigenvalue weighted by Crippen LogP contribution is -2.34. The molecule has 0 radical (unpaired) electrons. The summed E-state index contributed by atoms with van der Waals surface area (Å²) in [6.07, 6.45) is -4.60. The van der Waals surface area contributed by atoms with Crippen LogP contribution in [0.2, 0.25) is 0 Å². The number of nitrogens with two attached hydrogens (primary N) is 1. The average Bonchev–Trinajstić information content (AvgIpc) is 2.42. The molecule has 0 heterocycles. The fourth-order valence-electron chi connectivity index (χ4n) is 1.85. The zero-order chi connectivity index (χ0) is 18.0. The molecular weight excluding hydrogens is 336 g/mol. The molecule has 0 aliphatic rings.